The molecule has 1 aliphatic heterocycles. The number of rotatable bonds is 20. The molecule has 1 spiro atoms. The van der Waals surface area contributed by atoms with Crippen LogP contribution in [0.4, 0.5) is 0 Å². The van der Waals surface area contributed by atoms with Gasteiger partial charge in [0, 0.05) is 39.3 Å². The Hall–Kier alpha value is -2.81. The van der Waals surface area contributed by atoms with Crippen molar-refractivity contribution < 1.29 is 38.6 Å². The molecule has 1 heterocycles. The minimum absolute atomic E-state index is 0.0115. The number of methoxy groups -OCH3 is 2. The Morgan fingerprint density at radius 3 is 1.84 bits per heavy atom. The SMILES string of the molecule is CCC.CCC(C)C(C(CC=O)OC)N(C)C.CNC(C=O)C(C)C.CNCC=O.COC(C(C)C)C1CC2(CC2)CN1C.O=CNC(CC1C=CC=CC1)C(=O)O. The van der Waals surface area contributed by atoms with Gasteiger partial charge in [-0.2, -0.15) is 0 Å². The van der Waals surface area contributed by atoms with Gasteiger partial charge >= 0.3 is 5.97 Å². The molecule has 0 bridgehead atoms. The first kappa shape index (κ1) is 59.5. The van der Waals surface area contributed by atoms with Crippen LogP contribution >= 0.6 is 0 Å². The predicted molar refractivity (Wildman–Crippen MR) is 238 cm³/mol. The minimum Gasteiger partial charge on any atom is -0.480 e. The van der Waals surface area contributed by atoms with Gasteiger partial charge in [0.05, 0.1) is 24.8 Å². The summed E-state index contributed by atoms with van der Waals surface area (Å²) in [5.41, 5.74) is 0.699. The number of aldehydes is 3. The fourth-order valence-corrected chi connectivity index (χ4v) is 7.08. The summed E-state index contributed by atoms with van der Waals surface area (Å²) in [4.78, 5) is 55.5. The molecule has 13 heteroatoms. The third-order valence-corrected chi connectivity index (χ3v) is 10.6. The van der Waals surface area contributed by atoms with Crippen molar-refractivity contribution in [2.24, 2.45) is 29.1 Å². The highest BCUT2D eigenvalue weighted by Crippen LogP contribution is 2.55. The third kappa shape index (κ3) is 26.3. The Morgan fingerprint density at radius 1 is 0.966 bits per heavy atom. The average molecular weight is 826 g/mol. The van der Waals surface area contributed by atoms with Gasteiger partial charge in [0.1, 0.15) is 24.9 Å². The van der Waals surface area contributed by atoms with Crippen LogP contribution in [0.25, 0.3) is 0 Å². The fourth-order valence-electron chi connectivity index (χ4n) is 7.08. The Kier molecular flexibility index (Phi) is 37.0. The standard InChI is InChI=1S/C12H23NO.C11H23NO2.C10H13NO3.C6H13NO.C3H7NO.C3H8/c1-9(2)11(14-4)10-7-12(5-6-12)8-13(10)3;1-6-9(2)11(12(3)4)10(14-5)7-8-13;12-7-11-9(10(13)14)6-8-4-2-1-3-5-8;1-5(2)6(4-8)7-3;1-4-2-3-5;1-3-2/h9-11H,5-8H2,1-4H3;8-11H,6-7H2,1-5H3;1-4,7-9H,5-6H2,(H,11,12)(H,13,14);4-7H,1-3H3;3-4H,2H2,1H3;3H2,1-2H3. The highest BCUT2D eigenvalue weighted by Gasteiger charge is 2.52. The van der Waals surface area contributed by atoms with E-state index in [9.17, 15) is 24.0 Å². The van der Waals surface area contributed by atoms with Crippen LogP contribution in [0, 0.1) is 29.1 Å². The molecule has 8 atom stereocenters. The largest absolute Gasteiger partial charge is 0.480 e. The number of hydrogen-bond acceptors (Lipinski definition) is 11. The average Bonchev–Trinajstić information content (AvgIpc) is 3.86. The van der Waals surface area contributed by atoms with E-state index in [-0.39, 0.29) is 18.1 Å². The van der Waals surface area contributed by atoms with Crippen molar-refractivity contribution in [2.75, 3.05) is 62.5 Å². The topological polar surface area (TPSA) is 167 Å². The lowest BCUT2D eigenvalue weighted by Gasteiger charge is -2.34. The van der Waals surface area contributed by atoms with Gasteiger partial charge in [0.2, 0.25) is 6.41 Å². The van der Waals surface area contributed by atoms with Crippen LogP contribution in [0.5, 0.6) is 0 Å². The lowest BCUT2D eigenvalue weighted by atomic mass is 9.92. The zero-order valence-corrected chi connectivity index (χ0v) is 39.2. The number of nitrogens with one attached hydrogen (secondary N) is 3. The van der Waals surface area contributed by atoms with Crippen molar-refractivity contribution in [1.82, 2.24) is 25.8 Å². The molecule has 340 valence electrons. The second kappa shape index (κ2) is 36.1. The quantitative estimate of drug-likeness (QED) is 0.111. The van der Waals surface area contributed by atoms with Crippen molar-refractivity contribution in [2.45, 2.75) is 143 Å². The summed E-state index contributed by atoms with van der Waals surface area (Å²) in [7, 11) is 13.4. The molecule has 0 aromatic rings. The molecule has 4 N–H and O–H groups in total. The summed E-state index contributed by atoms with van der Waals surface area (Å²) in [5.74, 6) is 0.780. The highest BCUT2D eigenvalue weighted by molar-refractivity contribution is 5.76. The maximum absolute atomic E-state index is 10.7. The molecule has 3 aliphatic rings. The summed E-state index contributed by atoms with van der Waals surface area (Å²) in [6.07, 6.45) is 19.7. The van der Waals surface area contributed by atoms with E-state index in [2.05, 4.69) is 74.3 Å². The van der Waals surface area contributed by atoms with E-state index < -0.39 is 12.0 Å². The predicted octanol–water partition coefficient (Wildman–Crippen LogP) is 5.67. The van der Waals surface area contributed by atoms with Crippen molar-refractivity contribution in [1.29, 1.82) is 0 Å². The molecule has 1 saturated carbocycles. The smallest absolute Gasteiger partial charge is 0.326 e. The van der Waals surface area contributed by atoms with E-state index in [1.54, 1.807) is 21.2 Å². The van der Waals surface area contributed by atoms with Crippen molar-refractivity contribution in [3.8, 4) is 0 Å². The minimum atomic E-state index is -0.986. The number of likely N-dealkylation sites (N-methyl/N-ethyl adjacent to an activating group) is 4. The Bertz CT molecular complexity index is 1110. The van der Waals surface area contributed by atoms with Gasteiger partial charge in [-0.1, -0.05) is 92.5 Å². The second-order valence-corrected chi connectivity index (χ2v) is 16.5. The van der Waals surface area contributed by atoms with Crippen LogP contribution in [-0.4, -0.2) is 145 Å². The van der Waals surface area contributed by atoms with Crippen molar-refractivity contribution in [3.05, 3.63) is 24.3 Å². The van der Waals surface area contributed by atoms with E-state index in [0.717, 1.165) is 31.7 Å². The van der Waals surface area contributed by atoms with Crippen molar-refractivity contribution >= 4 is 31.2 Å². The molecule has 8 unspecified atom stereocenters. The maximum atomic E-state index is 10.7. The number of ether oxygens (including phenoxy) is 2. The summed E-state index contributed by atoms with van der Waals surface area (Å²) in [6.45, 7) is 18.9. The van der Waals surface area contributed by atoms with Crippen molar-refractivity contribution in [3.63, 3.8) is 0 Å². The number of carboxylic acid groups (broad SMARTS) is 1. The maximum Gasteiger partial charge on any atom is 0.326 e. The lowest BCUT2D eigenvalue weighted by Crippen LogP contribution is -2.44. The number of amides is 1. The normalized spacial score (nSPS) is 20.3. The Balaban J connectivity index is -0.000000664. The number of hydrogen-bond donors (Lipinski definition) is 4. The summed E-state index contributed by atoms with van der Waals surface area (Å²) in [6, 6.07) is 0.210. The summed E-state index contributed by atoms with van der Waals surface area (Å²) in [5, 5.41) is 16.6. The van der Waals surface area contributed by atoms with Gasteiger partial charge < -0.3 is 54.7 Å². The molecule has 58 heavy (non-hydrogen) atoms. The zero-order chi connectivity index (χ0) is 45.3. The monoisotopic (exact) mass is 826 g/mol. The van der Waals surface area contributed by atoms with Crippen LogP contribution in [0.15, 0.2) is 24.3 Å². The Labute approximate surface area is 353 Å². The molecule has 13 nitrogen and oxygen atoms in total. The van der Waals surface area contributed by atoms with Gasteiger partial charge in [0.25, 0.3) is 0 Å². The number of aliphatic carboxylic acids is 1. The van der Waals surface area contributed by atoms with Crippen LogP contribution in [0.2, 0.25) is 0 Å². The number of likely N-dealkylation sites (tertiary alicyclic amines) is 1. The van der Waals surface area contributed by atoms with Gasteiger partial charge in [-0.25, -0.2) is 4.79 Å². The molecule has 3 rings (SSSR count). The fraction of sp³-hybridized carbons (Fsp3) is 0.800. The molecule has 0 aromatic carbocycles. The van der Waals surface area contributed by atoms with Gasteiger partial charge in [-0.3, -0.25) is 4.79 Å². The molecule has 2 aliphatic carbocycles. The molecule has 0 aromatic heterocycles. The number of nitrogens with zero attached hydrogens (tertiary/aromatic N) is 2. The number of carbonyl (C=O) groups excluding carboxylic acids is 4. The van der Waals surface area contributed by atoms with Crippen LogP contribution < -0.4 is 16.0 Å². The van der Waals surface area contributed by atoms with E-state index in [1.807, 2.05) is 59.4 Å². The molecule has 2 fully saturated rings. The zero-order valence-electron chi connectivity index (χ0n) is 39.2. The number of allylic oxidation sites excluding steroid dienone is 4. The summed E-state index contributed by atoms with van der Waals surface area (Å²) < 4.78 is 11.0. The van der Waals surface area contributed by atoms with Crippen LogP contribution in [0.3, 0.4) is 0 Å². The van der Waals surface area contributed by atoms with E-state index >= 15 is 0 Å². The third-order valence-electron chi connectivity index (χ3n) is 10.6. The molecular formula is C45H87N5O8. The molecule has 0 radical (unpaired) electrons. The molecule has 1 amide bonds. The summed E-state index contributed by atoms with van der Waals surface area (Å²) >= 11 is 0. The molecule has 1 saturated heterocycles. The Morgan fingerprint density at radius 2 is 1.57 bits per heavy atom. The number of carbonyl (C=O) groups is 5. The first-order valence-electron chi connectivity index (χ1n) is 21.3. The van der Waals surface area contributed by atoms with Gasteiger partial charge in [-0.05, 0) is 96.4 Å². The highest BCUT2D eigenvalue weighted by atomic mass is 16.5. The first-order chi connectivity index (χ1) is 27.4. The van der Waals surface area contributed by atoms with E-state index in [4.69, 9.17) is 14.6 Å². The first-order valence-corrected chi connectivity index (χ1v) is 21.3. The van der Waals surface area contributed by atoms with Crippen LogP contribution in [0.1, 0.15) is 107 Å². The van der Waals surface area contributed by atoms with Crippen LogP contribution in [-0.2, 0) is 33.4 Å². The second-order valence-electron chi connectivity index (χ2n) is 16.5. The van der Waals surface area contributed by atoms with E-state index in [1.165, 1.54) is 32.2 Å². The van der Waals surface area contributed by atoms with Gasteiger partial charge in [0.15, 0.2) is 0 Å². The lowest BCUT2D eigenvalue weighted by molar-refractivity contribution is -0.141. The molecular weight excluding hydrogens is 739 g/mol. The van der Waals surface area contributed by atoms with Gasteiger partial charge in [-0.15, -0.1) is 0 Å². The number of carboxylic acids is 1. The van der Waals surface area contributed by atoms with E-state index in [0.29, 0.717) is 67.2 Å².